The Hall–Kier alpha value is -2.09. The molecule has 118 valence electrons. The van der Waals surface area contributed by atoms with Crippen LogP contribution < -0.4 is 5.56 Å². The predicted octanol–water partition coefficient (Wildman–Crippen LogP) is 3.06. The van der Waals surface area contributed by atoms with Gasteiger partial charge in [0.1, 0.15) is 5.56 Å². The van der Waals surface area contributed by atoms with Gasteiger partial charge in [-0.1, -0.05) is 11.6 Å². The molecule has 0 spiro atoms. The summed E-state index contributed by atoms with van der Waals surface area (Å²) in [5, 5.41) is 1.59. The van der Waals surface area contributed by atoms with E-state index in [9.17, 15) is 27.2 Å². The van der Waals surface area contributed by atoms with E-state index in [1.807, 2.05) is 0 Å². The number of nitrogens with zero attached hydrogens (tertiary/aromatic N) is 1. The minimum Gasteiger partial charge on any atom is -0.299 e. The summed E-state index contributed by atoms with van der Waals surface area (Å²) in [6.45, 7) is 1.43. The zero-order valence-corrected chi connectivity index (χ0v) is 12.1. The Balaban J connectivity index is 2.62. The second-order valence-electron chi connectivity index (χ2n) is 4.59. The summed E-state index contributed by atoms with van der Waals surface area (Å²) in [5.41, 5.74) is -2.86. The van der Waals surface area contributed by atoms with Crippen molar-refractivity contribution >= 4 is 17.4 Å². The monoisotopic (exact) mass is 336 g/mol. The van der Waals surface area contributed by atoms with Crippen molar-refractivity contribution in [3.05, 3.63) is 55.7 Å². The molecule has 0 saturated carbocycles. The summed E-state index contributed by atoms with van der Waals surface area (Å²) in [6.07, 6.45) is -4.94. The summed E-state index contributed by atoms with van der Waals surface area (Å²) in [4.78, 5) is 24.1. The van der Waals surface area contributed by atoms with E-state index < -0.39 is 39.5 Å². The lowest BCUT2D eigenvalue weighted by Crippen LogP contribution is -2.20. The van der Waals surface area contributed by atoms with Crippen molar-refractivity contribution in [3.63, 3.8) is 0 Å². The number of rotatable bonds is 2. The quantitative estimate of drug-likeness (QED) is 0.677. The first kappa shape index (κ1) is 16.3. The Bertz CT molecular complexity index is 821. The summed E-state index contributed by atoms with van der Waals surface area (Å²) in [5.74, 6) is -2.69. The smallest absolute Gasteiger partial charge is 0.299 e. The van der Waals surface area contributed by atoms with Crippen LogP contribution in [0.4, 0.5) is 17.6 Å². The van der Waals surface area contributed by atoms with Gasteiger partial charge in [-0.3, -0.25) is 19.4 Å². The average molecular weight is 337 g/mol. The molecule has 2 aromatic rings. The van der Waals surface area contributed by atoms with Gasteiger partial charge >= 0.3 is 6.18 Å². The van der Waals surface area contributed by atoms with E-state index in [0.29, 0.717) is 6.07 Å². The van der Waals surface area contributed by atoms with Gasteiger partial charge in [-0.2, -0.15) is 13.2 Å². The third-order valence-electron chi connectivity index (χ3n) is 3.09. The summed E-state index contributed by atoms with van der Waals surface area (Å²) >= 11 is 5.55. The van der Waals surface area contributed by atoms with Crippen molar-refractivity contribution < 1.29 is 22.4 Å². The van der Waals surface area contributed by atoms with E-state index in [-0.39, 0.29) is 11.3 Å². The van der Waals surface area contributed by atoms with Crippen LogP contribution in [0.1, 0.15) is 27.2 Å². The van der Waals surface area contributed by atoms with Crippen LogP contribution >= 0.6 is 11.6 Å². The molecule has 1 N–H and O–H groups in total. The van der Waals surface area contributed by atoms with Gasteiger partial charge in [0.15, 0.2) is 5.82 Å². The highest BCUT2D eigenvalue weighted by molar-refractivity contribution is 6.35. The highest BCUT2D eigenvalue weighted by atomic mass is 35.5. The SMILES string of the molecule is Cc1[nH]n(C)c(=O)c1C(=O)c1ccc(C(F)(F)F)c(F)c1Cl. The summed E-state index contributed by atoms with van der Waals surface area (Å²) in [7, 11) is 1.36. The van der Waals surface area contributed by atoms with Crippen molar-refractivity contribution in [2.45, 2.75) is 13.1 Å². The van der Waals surface area contributed by atoms with Gasteiger partial charge in [0, 0.05) is 18.3 Å². The molecule has 0 amide bonds. The molecule has 0 saturated heterocycles. The Morgan fingerprint density at radius 2 is 1.91 bits per heavy atom. The first-order valence-corrected chi connectivity index (χ1v) is 6.29. The number of nitrogens with one attached hydrogen (secondary N) is 1. The zero-order valence-electron chi connectivity index (χ0n) is 11.3. The molecule has 0 radical (unpaired) electrons. The van der Waals surface area contributed by atoms with Crippen LogP contribution in [0.5, 0.6) is 0 Å². The number of alkyl halides is 3. The standard InChI is InChI=1S/C13H9ClF4N2O2/c1-5-8(12(22)20(2)19-5)11(21)6-3-4-7(13(16,17)18)10(15)9(6)14/h3-4,19H,1-2H3. The predicted molar refractivity (Wildman–Crippen MR) is 70.6 cm³/mol. The highest BCUT2D eigenvalue weighted by Gasteiger charge is 2.36. The number of aryl methyl sites for hydroxylation is 2. The molecule has 0 bridgehead atoms. The first-order chi connectivity index (χ1) is 10.1. The first-order valence-electron chi connectivity index (χ1n) is 5.91. The van der Waals surface area contributed by atoms with E-state index >= 15 is 0 Å². The van der Waals surface area contributed by atoms with Crippen LogP contribution in [0.15, 0.2) is 16.9 Å². The molecule has 0 fully saturated rings. The molecule has 4 nitrogen and oxygen atoms in total. The summed E-state index contributed by atoms with van der Waals surface area (Å²) in [6, 6.07) is 1.17. The van der Waals surface area contributed by atoms with E-state index in [0.717, 1.165) is 10.7 Å². The Morgan fingerprint density at radius 1 is 1.32 bits per heavy atom. The topological polar surface area (TPSA) is 54.9 Å². The fraction of sp³-hybridized carbons (Fsp3) is 0.231. The molecule has 1 heterocycles. The minimum atomic E-state index is -4.94. The number of hydrogen-bond acceptors (Lipinski definition) is 2. The molecule has 2 rings (SSSR count). The van der Waals surface area contributed by atoms with Crippen molar-refractivity contribution in [2.75, 3.05) is 0 Å². The number of H-pyrrole nitrogens is 1. The fourth-order valence-electron chi connectivity index (χ4n) is 2.03. The molecule has 0 aliphatic heterocycles. The lowest BCUT2D eigenvalue weighted by atomic mass is 10.0. The number of aromatic amines is 1. The van der Waals surface area contributed by atoms with Crippen LogP contribution in [0, 0.1) is 12.7 Å². The van der Waals surface area contributed by atoms with Crippen LogP contribution in [-0.2, 0) is 13.2 Å². The maximum atomic E-state index is 13.7. The maximum absolute atomic E-state index is 13.7. The normalized spacial score (nSPS) is 11.8. The van der Waals surface area contributed by atoms with Gasteiger partial charge in [0.25, 0.3) is 5.56 Å². The lowest BCUT2D eigenvalue weighted by Gasteiger charge is -2.11. The molecule has 0 atom stereocenters. The second-order valence-corrected chi connectivity index (χ2v) is 4.97. The van der Waals surface area contributed by atoms with Crippen molar-refractivity contribution in [2.24, 2.45) is 7.05 Å². The number of benzene rings is 1. The Morgan fingerprint density at radius 3 is 2.36 bits per heavy atom. The summed E-state index contributed by atoms with van der Waals surface area (Å²) < 4.78 is 52.5. The van der Waals surface area contributed by atoms with Gasteiger partial charge < -0.3 is 0 Å². The van der Waals surface area contributed by atoms with Gasteiger partial charge in [-0.15, -0.1) is 0 Å². The third-order valence-corrected chi connectivity index (χ3v) is 3.46. The van der Waals surface area contributed by atoms with E-state index in [4.69, 9.17) is 11.6 Å². The fourth-order valence-corrected chi connectivity index (χ4v) is 2.28. The zero-order chi connectivity index (χ0) is 16.8. The molecule has 0 aliphatic carbocycles. The molecule has 22 heavy (non-hydrogen) atoms. The number of carbonyl (C=O) groups is 1. The second kappa shape index (κ2) is 5.28. The lowest BCUT2D eigenvalue weighted by molar-refractivity contribution is -0.140. The van der Waals surface area contributed by atoms with Gasteiger partial charge in [-0.05, 0) is 19.1 Å². The van der Waals surface area contributed by atoms with Gasteiger partial charge in [-0.25, -0.2) is 4.39 Å². The van der Waals surface area contributed by atoms with E-state index in [1.54, 1.807) is 0 Å². The molecular weight excluding hydrogens is 328 g/mol. The molecular formula is C13H9ClF4N2O2. The third kappa shape index (κ3) is 2.54. The number of ketones is 1. The number of carbonyl (C=O) groups excluding carboxylic acids is 1. The van der Waals surface area contributed by atoms with Crippen LogP contribution in [0.25, 0.3) is 0 Å². The highest BCUT2D eigenvalue weighted by Crippen LogP contribution is 2.35. The molecule has 0 aliphatic rings. The van der Waals surface area contributed by atoms with E-state index in [1.165, 1.54) is 14.0 Å². The molecule has 9 heteroatoms. The van der Waals surface area contributed by atoms with Crippen LogP contribution in [0.2, 0.25) is 5.02 Å². The number of hydrogen-bond donors (Lipinski definition) is 1. The van der Waals surface area contributed by atoms with Gasteiger partial charge in [0.2, 0.25) is 5.78 Å². The van der Waals surface area contributed by atoms with Gasteiger partial charge in [0.05, 0.1) is 10.6 Å². The average Bonchev–Trinajstić information content (AvgIpc) is 2.64. The molecule has 1 aromatic heterocycles. The largest absolute Gasteiger partial charge is 0.419 e. The van der Waals surface area contributed by atoms with Crippen molar-refractivity contribution in [3.8, 4) is 0 Å². The van der Waals surface area contributed by atoms with Crippen LogP contribution in [-0.4, -0.2) is 15.6 Å². The number of halogens is 5. The van der Waals surface area contributed by atoms with Crippen LogP contribution in [0.3, 0.4) is 0 Å². The Labute approximate surface area is 126 Å². The van der Waals surface area contributed by atoms with E-state index in [2.05, 4.69) is 5.10 Å². The van der Waals surface area contributed by atoms with Crippen molar-refractivity contribution in [1.29, 1.82) is 0 Å². The minimum absolute atomic E-state index is 0.203. The van der Waals surface area contributed by atoms with Crippen molar-refractivity contribution in [1.82, 2.24) is 9.78 Å². The molecule has 0 unspecified atom stereocenters. The Kier molecular flexibility index (Phi) is 3.90. The number of aromatic nitrogens is 2. The molecule has 1 aromatic carbocycles. The maximum Gasteiger partial charge on any atom is 0.419 e.